The largest absolute Gasteiger partial charge is 0.478 e. The number of nitrogens with one attached hydrogen (secondary N) is 1. The third kappa shape index (κ3) is 3.32. The fourth-order valence-corrected chi connectivity index (χ4v) is 1.40. The number of carboxylic acid groups (broad SMARTS) is 1. The topological polar surface area (TPSA) is 49.3 Å². The van der Waals surface area contributed by atoms with E-state index in [1.54, 1.807) is 24.3 Å². The Kier molecular flexibility index (Phi) is 4.41. The van der Waals surface area contributed by atoms with Gasteiger partial charge in [0.2, 0.25) is 0 Å². The lowest BCUT2D eigenvalue weighted by atomic mass is 10.1. The molecule has 2 N–H and O–H groups in total. The molecule has 1 aromatic carbocycles. The summed E-state index contributed by atoms with van der Waals surface area (Å²) >= 11 is 0. The summed E-state index contributed by atoms with van der Waals surface area (Å²) in [5.74, 6) is 1.74. The Morgan fingerprint density at radius 3 is 2.56 bits per heavy atom. The standard InChI is InChI=1S/C13H15NO2/c1-3-5-11(4-2)14-12-8-6-10(7-9-12)13(15)16/h2,6-9,11,14H,3,5H2,1H3,(H,15,16). The molecule has 0 saturated heterocycles. The minimum absolute atomic E-state index is 0.000628. The molecular formula is C13H15NO2. The molecule has 0 aromatic heterocycles. The lowest BCUT2D eigenvalue weighted by Crippen LogP contribution is -2.16. The normalized spacial score (nSPS) is 11.5. The van der Waals surface area contributed by atoms with Gasteiger partial charge in [0.15, 0.2) is 0 Å². The maximum atomic E-state index is 10.6. The second-order valence-electron chi connectivity index (χ2n) is 3.53. The molecule has 1 aromatic rings. The van der Waals surface area contributed by atoms with E-state index in [9.17, 15) is 4.79 Å². The van der Waals surface area contributed by atoms with Gasteiger partial charge in [0, 0.05) is 5.69 Å². The molecule has 3 nitrogen and oxygen atoms in total. The van der Waals surface area contributed by atoms with Crippen molar-refractivity contribution < 1.29 is 9.90 Å². The van der Waals surface area contributed by atoms with E-state index in [0.717, 1.165) is 18.5 Å². The number of benzene rings is 1. The molecule has 0 fully saturated rings. The van der Waals surface area contributed by atoms with Crippen LogP contribution in [-0.4, -0.2) is 17.1 Å². The average Bonchev–Trinajstić information content (AvgIpc) is 2.29. The summed E-state index contributed by atoms with van der Waals surface area (Å²) in [4.78, 5) is 10.6. The molecule has 0 aliphatic rings. The van der Waals surface area contributed by atoms with Crippen LogP contribution < -0.4 is 5.32 Å². The van der Waals surface area contributed by atoms with E-state index in [2.05, 4.69) is 18.2 Å². The van der Waals surface area contributed by atoms with Crippen LogP contribution in [0.3, 0.4) is 0 Å². The van der Waals surface area contributed by atoms with Crippen molar-refractivity contribution in [3.05, 3.63) is 29.8 Å². The van der Waals surface area contributed by atoms with Gasteiger partial charge in [-0.2, -0.15) is 0 Å². The first-order valence-electron chi connectivity index (χ1n) is 5.23. The van der Waals surface area contributed by atoms with Gasteiger partial charge in [0.1, 0.15) is 0 Å². The van der Waals surface area contributed by atoms with Crippen molar-refractivity contribution in [3.63, 3.8) is 0 Å². The monoisotopic (exact) mass is 217 g/mol. The van der Waals surface area contributed by atoms with Gasteiger partial charge in [0.05, 0.1) is 11.6 Å². The van der Waals surface area contributed by atoms with E-state index < -0.39 is 5.97 Å². The number of terminal acetylenes is 1. The van der Waals surface area contributed by atoms with Gasteiger partial charge in [-0.1, -0.05) is 19.3 Å². The molecular weight excluding hydrogens is 202 g/mol. The highest BCUT2D eigenvalue weighted by Crippen LogP contribution is 2.12. The molecule has 0 bridgehead atoms. The summed E-state index contributed by atoms with van der Waals surface area (Å²) in [7, 11) is 0. The van der Waals surface area contributed by atoms with E-state index >= 15 is 0 Å². The molecule has 84 valence electrons. The van der Waals surface area contributed by atoms with Crippen molar-refractivity contribution in [2.75, 3.05) is 5.32 Å². The van der Waals surface area contributed by atoms with Gasteiger partial charge in [-0.05, 0) is 30.7 Å². The summed E-state index contributed by atoms with van der Waals surface area (Å²) < 4.78 is 0. The van der Waals surface area contributed by atoms with Crippen molar-refractivity contribution in [3.8, 4) is 12.3 Å². The van der Waals surface area contributed by atoms with Gasteiger partial charge in [-0.15, -0.1) is 6.42 Å². The fourth-order valence-electron chi connectivity index (χ4n) is 1.40. The fraction of sp³-hybridized carbons (Fsp3) is 0.308. The molecule has 0 amide bonds. The van der Waals surface area contributed by atoms with Crippen LogP contribution in [0.25, 0.3) is 0 Å². The van der Waals surface area contributed by atoms with Crippen LogP contribution in [-0.2, 0) is 0 Å². The molecule has 16 heavy (non-hydrogen) atoms. The highest BCUT2D eigenvalue weighted by molar-refractivity contribution is 5.88. The molecule has 3 heteroatoms. The Morgan fingerprint density at radius 2 is 2.12 bits per heavy atom. The van der Waals surface area contributed by atoms with E-state index in [-0.39, 0.29) is 11.6 Å². The lowest BCUT2D eigenvalue weighted by molar-refractivity contribution is 0.0697. The number of aromatic carboxylic acids is 1. The predicted molar refractivity (Wildman–Crippen MR) is 64.6 cm³/mol. The van der Waals surface area contributed by atoms with E-state index in [1.165, 1.54) is 0 Å². The Labute approximate surface area is 95.5 Å². The third-order valence-electron chi connectivity index (χ3n) is 2.25. The van der Waals surface area contributed by atoms with Gasteiger partial charge < -0.3 is 10.4 Å². The zero-order chi connectivity index (χ0) is 12.0. The van der Waals surface area contributed by atoms with Crippen LogP contribution in [0, 0.1) is 12.3 Å². The van der Waals surface area contributed by atoms with Crippen molar-refractivity contribution in [2.45, 2.75) is 25.8 Å². The van der Waals surface area contributed by atoms with Gasteiger partial charge >= 0.3 is 5.97 Å². The summed E-state index contributed by atoms with van der Waals surface area (Å²) in [6.45, 7) is 2.07. The smallest absolute Gasteiger partial charge is 0.335 e. The number of carboxylic acids is 1. The quantitative estimate of drug-likeness (QED) is 0.745. The van der Waals surface area contributed by atoms with Crippen molar-refractivity contribution in [1.82, 2.24) is 0 Å². The van der Waals surface area contributed by atoms with Crippen LogP contribution in [0.4, 0.5) is 5.69 Å². The minimum Gasteiger partial charge on any atom is -0.478 e. The summed E-state index contributed by atoms with van der Waals surface area (Å²) in [6.07, 6.45) is 7.29. The Balaban J connectivity index is 2.68. The number of rotatable bonds is 5. The summed E-state index contributed by atoms with van der Waals surface area (Å²) in [5.41, 5.74) is 1.12. The first kappa shape index (κ1) is 12.1. The third-order valence-corrected chi connectivity index (χ3v) is 2.25. The molecule has 1 rings (SSSR count). The molecule has 0 aliphatic carbocycles. The lowest BCUT2D eigenvalue weighted by Gasteiger charge is -2.13. The molecule has 1 atom stereocenters. The van der Waals surface area contributed by atoms with E-state index in [4.69, 9.17) is 11.5 Å². The predicted octanol–water partition coefficient (Wildman–Crippen LogP) is 2.60. The molecule has 0 spiro atoms. The van der Waals surface area contributed by atoms with Crippen LogP contribution in [0.15, 0.2) is 24.3 Å². The maximum absolute atomic E-state index is 10.6. The Morgan fingerprint density at radius 1 is 1.50 bits per heavy atom. The first-order chi connectivity index (χ1) is 7.67. The molecule has 0 radical (unpaired) electrons. The van der Waals surface area contributed by atoms with Gasteiger partial charge in [-0.25, -0.2) is 4.79 Å². The number of hydrogen-bond acceptors (Lipinski definition) is 2. The van der Waals surface area contributed by atoms with Crippen molar-refractivity contribution in [2.24, 2.45) is 0 Å². The zero-order valence-corrected chi connectivity index (χ0v) is 9.23. The minimum atomic E-state index is -0.923. The van der Waals surface area contributed by atoms with E-state index in [0.29, 0.717) is 0 Å². The summed E-state index contributed by atoms with van der Waals surface area (Å²) in [5, 5.41) is 11.9. The maximum Gasteiger partial charge on any atom is 0.335 e. The Hall–Kier alpha value is -1.95. The Bertz CT molecular complexity index is 389. The average molecular weight is 217 g/mol. The van der Waals surface area contributed by atoms with Crippen molar-refractivity contribution >= 4 is 11.7 Å². The number of carbonyl (C=O) groups is 1. The highest BCUT2D eigenvalue weighted by Gasteiger charge is 2.05. The number of anilines is 1. The molecule has 0 heterocycles. The zero-order valence-electron chi connectivity index (χ0n) is 9.23. The van der Waals surface area contributed by atoms with Crippen LogP contribution in [0.5, 0.6) is 0 Å². The van der Waals surface area contributed by atoms with Crippen LogP contribution in [0.2, 0.25) is 0 Å². The molecule has 0 saturated carbocycles. The number of hydrogen-bond donors (Lipinski definition) is 2. The molecule has 0 aliphatic heterocycles. The second-order valence-corrected chi connectivity index (χ2v) is 3.53. The van der Waals surface area contributed by atoms with Crippen molar-refractivity contribution in [1.29, 1.82) is 0 Å². The van der Waals surface area contributed by atoms with Gasteiger partial charge in [0.25, 0.3) is 0 Å². The SMILES string of the molecule is C#CC(CCC)Nc1ccc(C(=O)O)cc1. The van der Waals surface area contributed by atoms with Crippen LogP contribution in [0.1, 0.15) is 30.1 Å². The highest BCUT2D eigenvalue weighted by atomic mass is 16.4. The second kappa shape index (κ2) is 5.82. The summed E-state index contributed by atoms with van der Waals surface area (Å²) in [6, 6.07) is 6.57. The van der Waals surface area contributed by atoms with Gasteiger partial charge in [-0.3, -0.25) is 0 Å². The molecule has 1 unspecified atom stereocenters. The first-order valence-corrected chi connectivity index (χ1v) is 5.23. The van der Waals surface area contributed by atoms with E-state index in [1.807, 2.05) is 0 Å². The van der Waals surface area contributed by atoms with Crippen LogP contribution >= 0.6 is 0 Å².